The number of nitrogens with one attached hydrogen (secondary N) is 1. The maximum absolute atomic E-state index is 4.75. The minimum Gasteiger partial charge on any atom is -0.357 e. The zero-order valence-corrected chi connectivity index (χ0v) is 16.9. The van der Waals surface area contributed by atoms with E-state index in [2.05, 4.69) is 38.2 Å². The minimum absolute atomic E-state index is 0. The lowest BCUT2D eigenvalue weighted by Crippen LogP contribution is -2.52. The predicted molar refractivity (Wildman–Crippen MR) is 112 cm³/mol. The van der Waals surface area contributed by atoms with Gasteiger partial charge in [0.25, 0.3) is 0 Å². The van der Waals surface area contributed by atoms with E-state index < -0.39 is 0 Å². The summed E-state index contributed by atoms with van der Waals surface area (Å²) in [4.78, 5) is 13.8. The number of hydrogen-bond donors (Lipinski definition) is 1. The Morgan fingerprint density at radius 3 is 2.64 bits per heavy atom. The summed E-state index contributed by atoms with van der Waals surface area (Å²) in [5, 5.41) is 7.61. The number of hydrogen-bond acceptors (Lipinski definition) is 4. The molecule has 25 heavy (non-hydrogen) atoms. The summed E-state index contributed by atoms with van der Waals surface area (Å²) in [6, 6.07) is 8.00. The third-order valence-electron chi connectivity index (χ3n) is 4.04. The molecule has 0 atom stereocenters. The van der Waals surface area contributed by atoms with Gasteiger partial charge in [-0.15, -0.1) is 24.0 Å². The van der Waals surface area contributed by atoms with Crippen LogP contribution in [0.5, 0.6) is 0 Å². The molecular weight excluding hydrogens is 429 g/mol. The monoisotopic (exact) mass is 455 g/mol. The highest BCUT2D eigenvalue weighted by molar-refractivity contribution is 14.0. The smallest absolute Gasteiger partial charge is 0.194 e. The quantitative estimate of drug-likeness (QED) is 0.423. The van der Waals surface area contributed by atoms with Crippen molar-refractivity contribution in [3.05, 3.63) is 42.9 Å². The van der Waals surface area contributed by atoms with Crippen molar-refractivity contribution in [2.45, 2.75) is 13.5 Å². The first kappa shape index (κ1) is 19.5. The fourth-order valence-electron chi connectivity index (χ4n) is 2.81. The number of piperazine rings is 1. The summed E-state index contributed by atoms with van der Waals surface area (Å²) < 4.78 is 1.91. The average Bonchev–Trinajstić information content (AvgIpc) is 3.15. The lowest BCUT2D eigenvalue weighted by molar-refractivity contribution is 0.371. The second kappa shape index (κ2) is 10.2. The Labute approximate surface area is 166 Å². The molecule has 1 saturated heterocycles. The van der Waals surface area contributed by atoms with Gasteiger partial charge in [0.15, 0.2) is 5.96 Å². The van der Waals surface area contributed by atoms with Crippen LogP contribution in [0.3, 0.4) is 0 Å². The van der Waals surface area contributed by atoms with E-state index in [0.717, 1.165) is 57.6 Å². The van der Waals surface area contributed by atoms with Gasteiger partial charge >= 0.3 is 0 Å². The predicted octanol–water partition coefficient (Wildman–Crippen LogP) is 1.68. The topological polar surface area (TPSA) is 61.6 Å². The van der Waals surface area contributed by atoms with Gasteiger partial charge in [-0.25, -0.2) is 4.98 Å². The maximum atomic E-state index is 4.75. The van der Waals surface area contributed by atoms with Crippen LogP contribution in [0.2, 0.25) is 0 Å². The number of anilines is 1. The number of rotatable bonds is 5. The molecule has 1 fully saturated rings. The Hall–Kier alpha value is -1.84. The van der Waals surface area contributed by atoms with Gasteiger partial charge in [0.2, 0.25) is 0 Å². The van der Waals surface area contributed by atoms with Gasteiger partial charge in [-0.05, 0) is 25.1 Å². The Bertz CT molecular complexity index is 622. The van der Waals surface area contributed by atoms with Crippen LogP contribution >= 0.6 is 24.0 Å². The Kier molecular flexibility index (Phi) is 7.96. The molecule has 1 N–H and O–H groups in total. The van der Waals surface area contributed by atoms with Gasteiger partial charge in [0.1, 0.15) is 5.82 Å². The zero-order chi connectivity index (χ0) is 16.6. The molecule has 2 aromatic rings. The van der Waals surface area contributed by atoms with E-state index in [1.807, 2.05) is 35.3 Å². The average molecular weight is 455 g/mol. The first-order valence-electron chi connectivity index (χ1n) is 8.53. The third kappa shape index (κ3) is 5.58. The third-order valence-corrected chi connectivity index (χ3v) is 4.04. The van der Waals surface area contributed by atoms with E-state index in [-0.39, 0.29) is 24.0 Å². The molecule has 1 aliphatic heterocycles. The lowest BCUT2D eigenvalue weighted by Gasteiger charge is -2.37. The van der Waals surface area contributed by atoms with E-state index >= 15 is 0 Å². The van der Waals surface area contributed by atoms with Crippen molar-refractivity contribution in [1.29, 1.82) is 0 Å². The van der Waals surface area contributed by atoms with Crippen molar-refractivity contribution in [3.8, 4) is 0 Å². The molecule has 3 rings (SSSR count). The molecular formula is C17H26IN7. The number of nitrogens with zero attached hydrogens (tertiary/aromatic N) is 6. The maximum Gasteiger partial charge on any atom is 0.194 e. The van der Waals surface area contributed by atoms with Crippen LogP contribution in [0.15, 0.2) is 47.8 Å². The number of halogens is 1. The molecule has 0 amide bonds. The molecule has 0 saturated carbocycles. The SMILES string of the molecule is CCNC(=NCCn1cccn1)N1CCN(c2ccccn2)CC1.I. The molecule has 0 bridgehead atoms. The molecule has 0 radical (unpaired) electrons. The Morgan fingerprint density at radius 2 is 2.00 bits per heavy atom. The summed E-state index contributed by atoms with van der Waals surface area (Å²) in [5.74, 6) is 2.04. The van der Waals surface area contributed by atoms with Gasteiger partial charge in [-0.1, -0.05) is 6.07 Å². The largest absolute Gasteiger partial charge is 0.357 e. The summed E-state index contributed by atoms with van der Waals surface area (Å²) in [5.41, 5.74) is 0. The van der Waals surface area contributed by atoms with Gasteiger partial charge in [0.05, 0.1) is 13.1 Å². The van der Waals surface area contributed by atoms with Crippen molar-refractivity contribution < 1.29 is 0 Å². The fourth-order valence-corrected chi connectivity index (χ4v) is 2.81. The first-order valence-corrected chi connectivity index (χ1v) is 8.53. The number of aromatic nitrogens is 3. The summed E-state index contributed by atoms with van der Waals surface area (Å²) in [6.07, 6.45) is 5.61. The summed E-state index contributed by atoms with van der Waals surface area (Å²) in [7, 11) is 0. The van der Waals surface area contributed by atoms with E-state index in [1.54, 1.807) is 6.20 Å². The van der Waals surface area contributed by atoms with Crippen molar-refractivity contribution in [2.24, 2.45) is 4.99 Å². The molecule has 0 spiro atoms. The van der Waals surface area contributed by atoms with Crippen molar-refractivity contribution in [2.75, 3.05) is 44.2 Å². The van der Waals surface area contributed by atoms with E-state index in [4.69, 9.17) is 4.99 Å². The van der Waals surface area contributed by atoms with Crippen LogP contribution in [-0.2, 0) is 6.54 Å². The van der Waals surface area contributed by atoms with E-state index in [1.165, 1.54) is 0 Å². The second-order valence-electron chi connectivity index (χ2n) is 5.67. The highest BCUT2D eigenvalue weighted by atomic mass is 127. The van der Waals surface area contributed by atoms with Crippen LogP contribution in [0.1, 0.15) is 6.92 Å². The highest BCUT2D eigenvalue weighted by Crippen LogP contribution is 2.12. The minimum atomic E-state index is 0. The highest BCUT2D eigenvalue weighted by Gasteiger charge is 2.20. The van der Waals surface area contributed by atoms with Crippen LogP contribution < -0.4 is 10.2 Å². The molecule has 2 aromatic heterocycles. The normalized spacial score (nSPS) is 15.0. The second-order valence-corrected chi connectivity index (χ2v) is 5.67. The van der Waals surface area contributed by atoms with Gasteiger partial charge in [-0.2, -0.15) is 5.10 Å². The van der Waals surface area contributed by atoms with Crippen LogP contribution in [-0.4, -0.2) is 64.9 Å². The van der Waals surface area contributed by atoms with Crippen molar-refractivity contribution in [3.63, 3.8) is 0 Å². The van der Waals surface area contributed by atoms with Crippen molar-refractivity contribution in [1.82, 2.24) is 25.0 Å². The zero-order valence-electron chi connectivity index (χ0n) is 14.6. The molecule has 8 heteroatoms. The number of pyridine rings is 1. The van der Waals surface area contributed by atoms with Crippen LogP contribution in [0.4, 0.5) is 5.82 Å². The number of aliphatic imine (C=N–C) groups is 1. The Morgan fingerprint density at radius 1 is 1.16 bits per heavy atom. The van der Waals surface area contributed by atoms with Crippen LogP contribution in [0, 0.1) is 0 Å². The van der Waals surface area contributed by atoms with E-state index in [0.29, 0.717) is 0 Å². The van der Waals surface area contributed by atoms with Gasteiger partial charge < -0.3 is 15.1 Å². The number of guanidine groups is 1. The van der Waals surface area contributed by atoms with Gasteiger partial charge in [0, 0.05) is 51.3 Å². The standard InChI is InChI=1S/C17H25N7.HI/c1-2-18-17(20-9-11-24-10-5-8-21-24)23-14-12-22(13-15-23)16-6-3-4-7-19-16;/h3-8,10H,2,9,11-15H2,1H3,(H,18,20);1H. The molecule has 7 nitrogen and oxygen atoms in total. The molecule has 0 unspecified atom stereocenters. The van der Waals surface area contributed by atoms with E-state index in [9.17, 15) is 0 Å². The summed E-state index contributed by atoms with van der Waals surface area (Å²) in [6.45, 7) is 8.32. The lowest BCUT2D eigenvalue weighted by atomic mass is 10.3. The molecule has 0 aliphatic carbocycles. The summed E-state index contributed by atoms with van der Waals surface area (Å²) >= 11 is 0. The van der Waals surface area contributed by atoms with Crippen LogP contribution in [0.25, 0.3) is 0 Å². The first-order chi connectivity index (χ1) is 11.9. The molecule has 136 valence electrons. The Balaban J connectivity index is 0.00000225. The molecule has 1 aliphatic rings. The fraction of sp³-hybridized carbons (Fsp3) is 0.471. The van der Waals surface area contributed by atoms with Crippen molar-refractivity contribution >= 4 is 35.8 Å². The van der Waals surface area contributed by atoms with Gasteiger partial charge in [-0.3, -0.25) is 9.67 Å². The molecule has 3 heterocycles. The molecule has 0 aromatic carbocycles.